The maximum absolute atomic E-state index is 10.00. The van der Waals surface area contributed by atoms with Crippen molar-refractivity contribution in [1.82, 2.24) is 20.4 Å². The molecule has 2 heterocycles. The Hall–Kier alpha value is 0.140. The number of rotatable bonds is 6. The van der Waals surface area contributed by atoms with Crippen molar-refractivity contribution in [3.63, 3.8) is 0 Å². The summed E-state index contributed by atoms with van der Waals surface area (Å²) in [5.41, 5.74) is 0. The summed E-state index contributed by atoms with van der Waals surface area (Å²) in [6, 6.07) is 0. The quantitative estimate of drug-likeness (QED) is 0.747. The molecule has 1 aliphatic rings. The predicted octanol–water partition coefficient (Wildman–Crippen LogP) is 0.618. The van der Waals surface area contributed by atoms with Gasteiger partial charge in [-0.3, -0.25) is 4.90 Å². The number of aliphatic hydroxyl groups is 1. The van der Waals surface area contributed by atoms with E-state index in [4.69, 9.17) is 0 Å². The van der Waals surface area contributed by atoms with Crippen LogP contribution in [0.3, 0.4) is 0 Å². The normalized spacial score (nSPS) is 19.0. The van der Waals surface area contributed by atoms with E-state index in [1.807, 2.05) is 6.26 Å². The molecule has 0 radical (unpaired) electrons. The largest absolute Gasteiger partial charge is 0.391 e. The van der Waals surface area contributed by atoms with Crippen LogP contribution in [0, 0.1) is 0 Å². The van der Waals surface area contributed by atoms with Gasteiger partial charge in [-0.2, -0.15) is 0 Å². The Morgan fingerprint density at radius 2 is 2.11 bits per heavy atom. The zero-order chi connectivity index (χ0) is 12.8. The van der Waals surface area contributed by atoms with Crippen LogP contribution in [0.5, 0.6) is 0 Å². The average molecular weight is 306 g/mol. The molecular formula is C10H18N4OS3. The van der Waals surface area contributed by atoms with Gasteiger partial charge in [-0.05, 0) is 6.26 Å². The lowest BCUT2D eigenvalue weighted by atomic mass is 10.3. The van der Waals surface area contributed by atoms with E-state index in [2.05, 4.69) is 20.4 Å². The first-order chi connectivity index (χ1) is 8.78. The zero-order valence-corrected chi connectivity index (χ0v) is 12.8. The van der Waals surface area contributed by atoms with Crippen LogP contribution in [0.15, 0.2) is 8.68 Å². The van der Waals surface area contributed by atoms with Crippen LogP contribution >= 0.6 is 34.9 Å². The maximum atomic E-state index is 10.00. The Labute approximate surface area is 120 Å². The van der Waals surface area contributed by atoms with Gasteiger partial charge in [-0.15, -0.1) is 10.2 Å². The monoisotopic (exact) mass is 306 g/mol. The third-order valence-corrected chi connectivity index (χ3v) is 5.82. The molecule has 5 nitrogen and oxygen atoms in total. The molecule has 0 aliphatic carbocycles. The summed E-state index contributed by atoms with van der Waals surface area (Å²) in [5, 5.41) is 21.4. The fourth-order valence-corrected chi connectivity index (χ4v) is 4.13. The molecule has 18 heavy (non-hydrogen) atoms. The first-order valence-corrected chi connectivity index (χ1v) is 8.92. The standard InChI is InChI=1S/C10H18N4OS3/c1-16-9-12-13-10(18-9)17-7-8(15)6-14-4-2-11-3-5-14/h8,11,15H,2-7H2,1H3. The number of piperazine rings is 1. The van der Waals surface area contributed by atoms with E-state index in [0.717, 1.165) is 41.4 Å². The minimum Gasteiger partial charge on any atom is -0.391 e. The Kier molecular flexibility index (Phi) is 6.19. The summed E-state index contributed by atoms with van der Waals surface area (Å²) in [6.45, 7) is 4.85. The second kappa shape index (κ2) is 7.66. The van der Waals surface area contributed by atoms with Gasteiger partial charge in [-0.25, -0.2) is 0 Å². The van der Waals surface area contributed by atoms with Crippen molar-refractivity contribution in [2.75, 3.05) is 44.7 Å². The maximum Gasteiger partial charge on any atom is 0.175 e. The van der Waals surface area contributed by atoms with Gasteiger partial charge in [0.25, 0.3) is 0 Å². The second-order valence-corrected chi connectivity index (χ2v) is 7.35. The van der Waals surface area contributed by atoms with E-state index in [0.29, 0.717) is 5.75 Å². The molecule has 0 saturated carbocycles. The minimum absolute atomic E-state index is 0.297. The van der Waals surface area contributed by atoms with Crippen molar-refractivity contribution < 1.29 is 5.11 Å². The highest BCUT2D eigenvalue weighted by Crippen LogP contribution is 2.27. The summed E-state index contributed by atoms with van der Waals surface area (Å²) in [5.74, 6) is 0.687. The number of aromatic nitrogens is 2. The number of β-amino-alcohol motifs (C(OH)–C–C–N with tert-alkyl or cyclic N) is 1. The van der Waals surface area contributed by atoms with Crippen LogP contribution < -0.4 is 5.32 Å². The van der Waals surface area contributed by atoms with Gasteiger partial charge in [0.2, 0.25) is 0 Å². The predicted molar refractivity (Wildman–Crippen MR) is 77.7 cm³/mol. The van der Waals surface area contributed by atoms with Crippen molar-refractivity contribution in [3.8, 4) is 0 Å². The van der Waals surface area contributed by atoms with Crippen molar-refractivity contribution in [2.45, 2.75) is 14.8 Å². The van der Waals surface area contributed by atoms with E-state index in [9.17, 15) is 5.11 Å². The van der Waals surface area contributed by atoms with Crippen molar-refractivity contribution in [3.05, 3.63) is 0 Å². The minimum atomic E-state index is -0.297. The van der Waals surface area contributed by atoms with Crippen LogP contribution in [-0.2, 0) is 0 Å². The molecular weight excluding hydrogens is 288 g/mol. The first-order valence-electron chi connectivity index (χ1n) is 5.89. The SMILES string of the molecule is CSc1nnc(SCC(O)CN2CCNCC2)s1. The lowest BCUT2D eigenvalue weighted by Crippen LogP contribution is -2.46. The number of aliphatic hydroxyl groups excluding tert-OH is 1. The molecule has 0 bridgehead atoms. The average Bonchev–Trinajstić information content (AvgIpc) is 2.85. The van der Waals surface area contributed by atoms with Crippen LogP contribution in [0.25, 0.3) is 0 Å². The molecule has 1 aromatic rings. The molecule has 102 valence electrons. The lowest BCUT2D eigenvalue weighted by molar-refractivity contribution is 0.121. The van der Waals surface area contributed by atoms with Gasteiger partial charge in [0.15, 0.2) is 8.68 Å². The highest BCUT2D eigenvalue weighted by Gasteiger charge is 2.15. The molecule has 0 amide bonds. The highest BCUT2D eigenvalue weighted by atomic mass is 32.2. The number of nitrogens with zero attached hydrogens (tertiary/aromatic N) is 3. The highest BCUT2D eigenvalue weighted by molar-refractivity contribution is 8.02. The van der Waals surface area contributed by atoms with Gasteiger partial charge in [0, 0.05) is 38.5 Å². The van der Waals surface area contributed by atoms with E-state index < -0.39 is 0 Å². The smallest absolute Gasteiger partial charge is 0.175 e. The van der Waals surface area contributed by atoms with Crippen molar-refractivity contribution in [1.29, 1.82) is 0 Å². The van der Waals surface area contributed by atoms with Gasteiger partial charge in [0.1, 0.15) is 0 Å². The third-order valence-electron chi connectivity index (χ3n) is 2.64. The lowest BCUT2D eigenvalue weighted by Gasteiger charge is -2.28. The second-order valence-electron chi connectivity index (χ2n) is 4.05. The molecule has 8 heteroatoms. The summed E-state index contributed by atoms with van der Waals surface area (Å²) in [4.78, 5) is 2.30. The molecule has 1 aliphatic heterocycles. The van der Waals surface area contributed by atoms with Gasteiger partial charge < -0.3 is 10.4 Å². The van der Waals surface area contributed by atoms with Crippen LogP contribution in [0.2, 0.25) is 0 Å². The third kappa shape index (κ3) is 4.67. The topological polar surface area (TPSA) is 61.3 Å². The zero-order valence-electron chi connectivity index (χ0n) is 10.3. The van der Waals surface area contributed by atoms with Gasteiger partial charge >= 0.3 is 0 Å². The molecule has 1 atom stereocenters. The number of hydrogen-bond donors (Lipinski definition) is 2. The molecule has 1 fully saturated rings. The van der Waals surface area contributed by atoms with E-state index in [1.54, 1.807) is 34.9 Å². The Morgan fingerprint density at radius 1 is 1.39 bits per heavy atom. The van der Waals surface area contributed by atoms with E-state index >= 15 is 0 Å². The van der Waals surface area contributed by atoms with Crippen LogP contribution in [0.4, 0.5) is 0 Å². The molecule has 0 aromatic carbocycles. The summed E-state index contributed by atoms with van der Waals surface area (Å²) in [6.07, 6.45) is 1.70. The van der Waals surface area contributed by atoms with Crippen LogP contribution in [-0.4, -0.2) is 71.0 Å². The van der Waals surface area contributed by atoms with E-state index in [1.165, 1.54) is 0 Å². The molecule has 1 saturated heterocycles. The fraction of sp³-hybridized carbons (Fsp3) is 0.800. The van der Waals surface area contributed by atoms with Crippen LogP contribution in [0.1, 0.15) is 0 Å². The van der Waals surface area contributed by atoms with Gasteiger partial charge in [-0.1, -0.05) is 34.9 Å². The van der Waals surface area contributed by atoms with Crippen molar-refractivity contribution in [2.24, 2.45) is 0 Å². The number of hydrogen-bond acceptors (Lipinski definition) is 8. The number of thioether (sulfide) groups is 2. The number of nitrogens with one attached hydrogen (secondary N) is 1. The fourth-order valence-electron chi connectivity index (χ4n) is 1.75. The molecule has 2 rings (SSSR count). The Balaban J connectivity index is 1.68. The molecule has 2 N–H and O–H groups in total. The summed E-state index contributed by atoms with van der Waals surface area (Å²) in [7, 11) is 0. The first kappa shape index (κ1) is 14.5. The van der Waals surface area contributed by atoms with Crippen molar-refractivity contribution >= 4 is 34.9 Å². The Bertz CT molecular complexity index is 357. The van der Waals surface area contributed by atoms with Gasteiger partial charge in [0.05, 0.1) is 6.10 Å². The molecule has 1 aromatic heterocycles. The Morgan fingerprint density at radius 3 is 2.78 bits per heavy atom. The van der Waals surface area contributed by atoms with E-state index in [-0.39, 0.29) is 6.10 Å². The molecule has 0 spiro atoms. The summed E-state index contributed by atoms with van der Waals surface area (Å²) < 4.78 is 1.92. The molecule has 1 unspecified atom stereocenters. The summed E-state index contributed by atoms with van der Waals surface area (Å²) >= 11 is 4.79.